The SMILES string of the molecule is CN(C)C(CNC(=O)[C@@H]1CCCN1)C1CCCCC1.Cl.Cl. The Morgan fingerprint density at radius 3 is 2.33 bits per heavy atom. The van der Waals surface area contributed by atoms with E-state index >= 15 is 0 Å². The number of rotatable bonds is 5. The van der Waals surface area contributed by atoms with E-state index in [1.54, 1.807) is 0 Å². The average Bonchev–Trinajstić information content (AvgIpc) is 2.93. The number of nitrogens with one attached hydrogen (secondary N) is 2. The van der Waals surface area contributed by atoms with E-state index in [1.807, 2.05) is 0 Å². The van der Waals surface area contributed by atoms with Gasteiger partial charge in [0.05, 0.1) is 6.04 Å². The Balaban J connectivity index is 0.00000200. The minimum absolute atomic E-state index is 0. The summed E-state index contributed by atoms with van der Waals surface area (Å²) < 4.78 is 0. The van der Waals surface area contributed by atoms with Crippen molar-refractivity contribution in [1.29, 1.82) is 0 Å². The highest BCUT2D eigenvalue weighted by atomic mass is 35.5. The summed E-state index contributed by atoms with van der Waals surface area (Å²) in [4.78, 5) is 14.4. The molecular formula is C15H31Cl2N3O. The third kappa shape index (κ3) is 6.31. The van der Waals surface area contributed by atoms with Crippen LogP contribution in [0.4, 0.5) is 0 Å². The Hall–Kier alpha value is -0.0300. The molecule has 0 bridgehead atoms. The molecule has 1 saturated heterocycles. The molecule has 1 heterocycles. The number of amides is 1. The summed E-state index contributed by atoms with van der Waals surface area (Å²) in [6.45, 7) is 1.78. The van der Waals surface area contributed by atoms with Gasteiger partial charge in [0.15, 0.2) is 0 Å². The second-order valence-electron chi connectivity index (χ2n) is 6.32. The first kappa shape index (κ1) is 21.0. The number of hydrogen-bond acceptors (Lipinski definition) is 3. The van der Waals surface area contributed by atoms with Gasteiger partial charge >= 0.3 is 0 Å². The van der Waals surface area contributed by atoms with Gasteiger partial charge in [-0.05, 0) is 52.2 Å². The second-order valence-corrected chi connectivity index (χ2v) is 6.32. The lowest BCUT2D eigenvalue weighted by Gasteiger charge is -2.35. The van der Waals surface area contributed by atoms with Gasteiger partial charge in [-0.1, -0.05) is 19.3 Å². The first-order valence-corrected chi connectivity index (χ1v) is 7.86. The van der Waals surface area contributed by atoms with E-state index in [1.165, 1.54) is 32.1 Å². The third-order valence-electron chi connectivity index (χ3n) is 4.72. The standard InChI is InChI=1S/C15H29N3O.2ClH/c1-18(2)14(12-7-4-3-5-8-12)11-17-15(19)13-9-6-10-16-13;;/h12-14,16H,3-11H2,1-2H3,(H,17,19);2*1H/t13-,14?;;/m0../s1. The van der Waals surface area contributed by atoms with Crippen molar-refractivity contribution in [2.75, 3.05) is 27.2 Å². The van der Waals surface area contributed by atoms with Crippen LogP contribution in [0, 0.1) is 5.92 Å². The molecule has 0 aromatic heterocycles. The van der Waals surface area contributed by atoms with Crippen LogP contribution in [0.25, 0.3) is 0 Å². The number of likely N-dealkylation sites (N-methyl/N-ethyl adjacent to an activating group) is 1. The van der Waals surface area contributed by atoms with Crippen molar-refractivity contribution in [3.05, 3.63) is 0 Å². The zero-order valence-electron chi connectivity index (χ0n) is 13.3. The Bertz CT molecular complexity index is 291. The maximum absolute atomic E-state index is 12.1. The van der Waals surface area contributed by atoms with Crippen LogP contribution in [0.2, 0.25) is 0 Å². The molecule has 1 aliphatic carbocycles. The van der Waals surface area contributed by atoms with Crippen molar-refractivity contribution in [2.24, 2.45) is 5.92 Å². The monoisotopic (exact) mass is 339 g/mol. The van der Waals surface area contributed by atoms with Crippen LogP contribution in [0.15, 0.2) is 0 Å². The third-order valence-corrected chi connectivity index (χ3v) is 4.72. The van der Waals surface area contributed by atoms with Crippen LogP contribution >= 0.6 is 24.8 Å². The molecule has 1 aliphatic heterocycles. The topological polar surface area (TPSA) is 44.4 Å². The fraction of sp³-hybridized carbons (Fsp3) is 0.933. The molecule has 4 nitrogen and oxygen atoms in total. The van der Waals surface area contributed by atoms with Crippen LogP contribution in [-0.4, -0.2) is 50.1 Å². The van der Waals surface area contributed by atoms with E-state index in [0.717, 1.165) is 31.8 Å². The molecular weight excluding hydrogens is 309 g/mol. The summed E-state index contributed by atoms with van der Waals surface area (Å²) in [6, 6.07) is 0.542. The van der Waals surface area contributed by atoms with Gasteiger partial charge in [0.1, 0.15) is 0 Å². The Morgan fingerprint density at radius 1 is 1.14 bits per heavy atom. The Morgan fingerprint density at radius 2 is 1.81 bits per heavy atom. The van der Waals surface area contributed by atoms with Gasteiger partial charge in [0.25, 0.3) is 0 Å². The fourth-order valence-corrected chi connectivity index (χ4v) is 3.53. The van der Waals surface area contributed by atoms with E-state index in [2.05, 4.69) is 29.6 Å². The largest absolute Gasteiger partial charge is 0.353 e. The van der Waals surface area contributed by atoms with Gasteiger partial charge in [-0.3, -0.25) is 4.79 Å². The van der Waals surface area contributed by atoms with Crippen molar-refractivity contribution in [2.45, 2.75) is 57.0 Å². The summed E-state index contributed by atoms with van der Waals surface area (Å²) in [5.41, 5.74) is 0. The molecule has 6 heteroatoms. The van der Waals surface area contributed by atoms with E-state index < -0.39 is 0 Å². The smallest absolute Gasteiger partial charge is 0.237 e. The van der Waals surface area contributed by atoms with Crippen LogP contribution in [0.5, 0.6) is 0 Å². The van der Waals surface area contributed by atoms with Crippen molar-refractivity contribution < 1.29 is 4.79 Å². The summed E-state index contributed by atoms with van der Waals surface area (Å²) in [5.74, 6) is 0.945. The number of halogens is 2. The normalized spacial score (nSPS) is 24.0. The first-order valence-electron chi connectivity index (χ1n) is 7.86. The van der Waals surface area contributed by atoms with Gasteiger partial charge in [0, 0.05) is 12.6 Å². The van der Waals surface area contributed by atoms with Crippen molar-refractivity contribution in [3.63, 3.8) is 0 Å². The van der Waals surface area contributed by atoms with Crippen LogP contribution < -0.4 is 10.6 Å². The molecule has 0 aromatic rings. The molecule has 1 saturated carbocycles. The summed E-state index contributed by atoms with van der Waals surface area (Å²) >= 11 is 0. The highest BCUT2D eigenvalue weighted by Crippen LogP contribution is 2.28. The lowest BCUT2D eigenvalue weighted by molar-refractivity contribution is -0.123. The van der Waals surface area contributed by atoms with Gasteiger partial charge in [-0.15, -0.1) is 24.8 Å². The highest BCUT2D eigenvalue weighted by molar-refractivity contribution is 5.85. The Kier molecular flexibility index (Phi) is 10.6. The molecule has 1 unspecified atom stereocenters. The van der Waals surface area contributed by atoms with Crippen LogP contribution in [0.1, 0.15) is 44.9 Å². The molecule has 2 aliphatic rings. The van der Waals surface area contributed by atoms with Crippen LogP contribution in [0.3, 0.4) is 0 Å². The molecule has 0 aromatic carbocycles. The van der Waals surface area contributed by atoms with E-state index in [4.69, 9.17) is 0 Å². The minimum atomic E-state index is 0. The van der Waals surface area contributed by atoms with Gasteiger partial charge in [-0.2, -0.15) is 0 Å². The molecule has 0 spiro atoms. The summed E-state index contributed by atoms with van der Waals surface area (Å²) in [6.07, 6.45) is 8.84. The molecule has 1 amide bonds. The Labute approximate surface area is 141 Å². The van der Waals surface area contributed by atoms with Gasteiger partial charge < -0.3 is 15.5 Å². The van der Waals surface area contributed by atoms with Gasteiger partial charge in [0.2, 0.25) is 5.91 Å². The van der Waals surface area contributed by atoms with Crippen molar-refractivity contribution >= 4 is 30.7 Å². The maximum atomic E-state index is 12.1. The minimum Gasteiger partial charge on any atom is -0.353 e. The van der Waals surface area contributed by atoms with E-state index in [9.17, 15) is 4.79 Å². The molecule has 2 atom stereocenters. The molecule has 21 heavy (non-hydrogen) atoms. The zero-order chi connectivity index (χ0) is 13.7. The molecule has 0 radical (unpaired) electrons. The average molecular weight is 340 g/mol. The maximum Gasteiger partial charge on any atom is 0.237 e. The van der Waals surface area contributed by atoms with Crippen LogP contribution in [-0.2, 0) is 4.79 Å². The number of hydrogen-bond donors (Lipinski definition) is 2. The van der Waals surface area contributed by atoms with E-state index in [-0.39, 0.29) is 36.8 Å². The van der Waals surface area contributed by atoms with Crippen molar-refractivity contribution in [1.82, 2.24) is 15.5 Å². The highest BCUT2D eigenvalue weighted by Gasteiger charge is 2.27. The summed E-state index contributed by atoms with van der Waals surface area (Å²) in [7, 11) is 4.28. The first-order chi connectivity index (χ1) is 9.18. The molecule has 126 valence electrons. The molecule has 2 rings (SSSR count). The van der Waals surface area contributed by atoms with E-state index in [0.29, 0.717) is 6.04 Å². The number of carbonyl (C=O) groups excluding carboxylic acids is 1. The zero-order valence-corrected chi connectivity index (χ0v) is 14.9. The molecule has 2 fully saturated rings. The second kappa shape index (κ2) is 10.7. The lowest BCUT2D eigenvalue weighted by atomic mass is 9.83. The number of nitrogens with zero attached hydrogens (tertiary/aromatic N) is 1. The van der Waals surface area contributed by atoms with Gasteiger partial charge in [-0.25, -0.2) is 0 Å². The lowest BCUT2D eigenvalue weighted by Crippen LogP contribution is -2.49. The predicted octanol–water partition coefficient (Wildman–Crippen LogP) is 2.21. The molecule has 2 N–H and O–H groups in total. The fourth-order valence-electron chi connectivity index (χ4n) is 3.53. The van der Waals surface area contributed by atoms with Crippen molar-refractivity contribution in [3.8, 4) is 0 Å². The summed E-state index contributed by atoms with van der Waals surface area (Å²) in [5, 5.41) is 6.42. The predicted molar refractivity (Wildman–Crippen MR) is 92.6 cm³/mol. The quantitative estimate of drug-likeness (QED) is 0.807. The number of carbonyl (C=O) groups is 1.